The Hall–Kier alpha value is -3.21. The molecule has 9 nitrogen and oxygen atoms in total. The first-order valence-corrected chi connectivity index (χ1v) is 15.3. The zero-order valence-electron chi connectivity index (χ0n) is 25.5. The molecular formula is C32H37Cl2FN4O5. The molecule has 3 N–H and O–H groups in total. The minimum absolute atomic E-state index is 0.116. The second-order valence-electron chi connectivity index (χ2n) is 13.6. The average Bonchev–Trinajstić information content (AvgIpc) is 3.35. The second kappa shape index (κ2) is 11.3. The molecule has 3 heterocycles. The lowest BCUT2D eigenvalue weighted by molar-refractivity contribution is -0.171. The van der Waals surface area contributed by atoms with Gasteiger partial charge in [0.25, 0.3) is 5.91 Å². The monoisotopic (exact) mass is 646 g/mol. The highest BCUT2D eigenvalue weighted by Crippen LogP contribution is 2.57. The van der Waals surface area contributed by atoms with E-state index in [1.165, 1.54) is 31.7 Å². The Labute approximate surface area is 266 Å². The van der Waals surface area contributed by atoms with Crippen molar-refractivity contribution in [2.24, 2.45) is 5.41 Å². The Morgan fingerprint density at radius 1 is 1.11 bits per heavy atom. The van der Waals surface area contributed by atoms with Crippen LogP contribution in [0.15, 0.2) is 36.4 Å². The molecule has 3 amide bonds. The van der Waals surface area contributed by atoms with E-state index in [1.807, 2.05) is 20.8 Å². The van der Waals surface area contributed by atoms with Crippen LogP contribution < -0.4 is 16.0 Å². The van der Waals surface area contributed by atoms with Crippen LogP contribution in [-0.2, 0) is 29.3 Å². The number of halogens is 3. The fraction of sp³-hybridized carbons (Fsp3) is 0.500. The summed E-state index contributed by atoms with van der Waals surface area (Å²) in [5.41, 5.74) is -1.69. The lowest BCUT2D eigenvalue weighted by atomic mass is 9.62. The van der Waals surface area contributed by atoms with Gasteiger partial charge in [-0.1, -0.05) is 62.2 Å². The second-order valence-corrected chi connectivity index (χ2v) is 14.5. The van der Waals surface area contributed by atoms with Crippen LogP contribution in [0.25, 0.3) is 0 Å². The summed E-state index contributed by atoms with van der Waals surface area (Å²) >= 11 is 12.6. The SMILES string of the molecule is CC(=O)OC(C)(C)C(=O)N1CC(NC(=O)[C@@H]2N[C@H](CC(C)(C)C)[C@]3(C(=O)Nc4cc(Cl)ccc43)[C@H]2c2cccc(Cl)c2F)C1. The number of carbonyl (C=O) groups excluding carboxylic acids is 4. The highest BCUT2D eigenvalue weighted by atomic mass is 35.5. The van der Waals surface area contributed by atoms with Gasteiger partial charge in [-0.2, -0.15) is 0 Å². The predicted octanol–water partition coefficient (Wildman–Crippen LogP) is 4.55. The van der Waals surface area contributed by atoms with Crippen LogP contribution in [0.5, 0.6) is 0 Å². The van der Waals surface area contributed by atoms with E-state index < -0.39 is 52.8 Å². The lowest BCUT2D eigenvalue weighted by Gasteiger charge is -2.43. The highest BCUT2D eigenvalue weighted by Gasteiger charge is 2.66. The first-order chi connectivity index (χ1) is 20.5. The maximum atomic E-state index is 15.9. The molecule has 44 heavy (non-hydrogen) atoms. The standard InChI is InChI=1S/C32H37Cl2FN4O5/c1-16(40)44-31(5,6)29(43)39-14-18(15-39)36-27(41)26-24(19-8-7-9-21(34)25(19)35)32(23(38-26)13-30(2,3)4)20-11-10-17(33)12-22(20)37-28(32)42/h7-12,18,23-24,26,38H,13-15H2,1-6H3,(H,36,41)(H,37,42)/t23-,24+,26-,32+/m1/s1. The molecule has 4 atom stereocenters. The van der Waals surface area contributed by atoms with Gasteiger partial charge in [0.2, 0.25) is 11.8 Å². The molecular weight excluding hydrogens is 610 g/mol. The van der Waals surface area contributed by atoms with Crippen LogP contribution in [0.4, 0.5) is 10.1 Å². The topological polar surface area (TPSA) is 117 Å². The molecule has 12 heteroatoms. The van der Waals surface area contributed by atoms with Crippen molar-refractivity contribution in [3.05, 3.63) is 63.4 Å². The molecule has 3 aliphatic heterocycles. The molecule has 0 unspecified atom stereocenters. The molecule has 2 aromatic carbocycles. The summed E-state index contributed by atoms with van der Waals surface area (Å²) in [4.78, 5) is 54.2. The number of hydrogen-bond donors (Lipinski definition) is 3. The van der Waals surface area contributed by atoms with Crippen LogP contribution in [-0.4, -0.2) is 65.4 Å². The van der Waals surface area contributed by atoms with Gasteiger partial charge >= 0.3 is 5.97 Å². The van der Waals surface area contributed by atoms with Gasteiger partial charge in [0, 0.05) is 42.7 Å². The molecule has 2 aromatic rings. The number of esters is 1. The number of nitrogens with one attached hydrogen (secondary N) is 3. The van der Waals surface area contributed by atoms with E-state index in [2.05, 4.69) is 16.0 Å². The minimum Gasteiger partial charge on any atom is -0.450 e. The van der Waals surface area contributed by atoms with Gasteiger partial charge < -0.3 is 25.6 Å². The van der Waals surface area contributed by atoms with Crippen molar-refractivity contribution in [1.29, 1.82) is 0 Å². The summed E-state index contributed by atoms with van der Waals surface area (Å²) in [6, 6.07) is 7.73. The van der Waals surface area contributed by atoms with Crippen molar-refractivity contribution in [3.8, 4) is 0 Å². The smallest absolute Gasteiger partial charge is 0.303 e. The summed E-state index contributed by atoms with van der Waals surface area (Å²) in [6.45, 7) is 10.8. The van der Waals surface area contributed by atoms with Crippen molar-refractivity contribution in [2.75, 3.05) is 18.4 Å². The average molecular weight is 648 g/mol. The third-order valence-electron chi connectivity index (χ3n) is 8.65. The molecule has 0 aliphatic carbocycles. The van der Waals surface area contributed by atoms with Crippen molar-refractivity contribution >= 4 is 52.6 Å². The zero-order chi connectivity index (χ0) is 32.4. The highest BCUT2D eigenvalue weighted by molar-refractivity contribution is 6.31. The number of nitrogens with zero attached hydrogens (tertiary/aromatic N) is 1. The molecule has 0 aromatic heterocycles. The third kappa shape index (κ3) is 5.56. The van der Waals surface area contributed by atoms with Crippen LogP contribution in [0.3, 0.4) is 0 Å². The van der Waals surface area contributed by atoms with Gasteiger partial charge in [-0.3, -0.25) is 19.2 Å². The number of carbonyl (C=O) groups is 4. The summed E-state index contributed by atoms with van der Waals surface area (Å²) in [5, 5.41) is 9.71. The maximum Gasteiger partial charge on any atom is 0.303 e. The molecule has 0 bridgehead atoms. The van der Waals surface area contributed by atoms with Gasteiger partial charge in [-0.25, -0.2) is 4.39 Å². The third-order valence-corrected chi connectivity index (χ3v) is 9.18. The molecule has 5 rings (SSSR count). The summed E-state index contributed by atoms with van der Waals surface area (Å²) in [7, 11) is 0. The maximum absolute atomic E-state index is 15.9. The summed E-state index contributed by atoms with van der Waals surface area (Å²) in [5.74, 6) is -3.41. The summed E-state index contributed by atoms with van der Waals surface area (Å²) in [6.07, 6.45) is 0.488. The molecule has 0 radical (unpaired) electrons. The Balaban J connectivity index is 1.52. The number of likely N-dealkylation sites (tertiary alicyclic amines) is 1. The minimum atomic E-state index is -1.36. The predicted molar refractivity (Wildman–Crippen MR) is 165 cm³/mol. The number of fused-ring (bicyclic) bond motifs is 2. The van der Waals surface area contributed by atoms with Gasteiger partial charge in [0.05, 0.1) is 17.1 Å². The lowest BCUT2D eigenvalue weighted by Crippen LogP contribution is -2.66. The molecule has 0 saturated carbocycles. The van der Waals surface area contributed by atoms with Crippen molar-refractivity contribution in [3.63, 3.8) is 0 Å². The van der Waals surface area contributed by atoms with Crippen LogP contribution in [0, 0.1) is 11.2 Å². The fourth-order valence-electron chi connectivity index (χ4n) is 6.96. The van der Waals surface area contributed by atoms with Gasteiger partial charge in [0.15, 0.2) is 5.60 Å². The molecule has 236 valence electrons. The van der Waals surface area contributed by atoms with Crippen molar-refractivity contribution in [2.45, 2.75) is 83.0 Å². The number of anilines is 1. The first kappa shape index (κ1) is 32.2. The van der Waals surface area contributed by atoms with Crippen LogP contribution >= 0.6 is 23.2 Å². The summed E-state index contributed by atoms with van der Waals surface area (Å²) < 4.78 is 21.1. The Morgan fingerprint density at radius 2 is 1.80 bits per heavy atom. The van der Waals surface area contributed by atoms with E-state index in [1.54, 1.807) is 30.3 Å². The number of hydrogen-bond acceptors (Lipinski definition) is 6. The number of benzene rings is 2. The number of rotatable bonds is 6. The van der Waals surface area contributed by atoms with E-state index in [0.717, 1.165) is 0 Å². The van der Waals surface area contributed by atoms with Crippen LogP contribution in [0.2, 0.25) is 10.0 Å². The van der Waals surface area contributed by atoms with Crippen molar-refractivity contribution < 1.29 is 28.3 Å². The van der Waals surface area contributed by atoms with E-state index in [-0.39, 0.29) is 40.9 Å². The fourth-order valence-corrected chi connectivity index (χ4v) is 7.32. The van der Waals surface area contributed by atoms with Crippen molar-refractivity contribution in [1.82, 2.24) is 15.5 Å². The first-order valence-electron chi connectivity index (χ1n) is 14.6. The number of amides is 3. The van der Waals surface area contributed by atoms with E-state index >= 15 is 4.39 Å². The van der Waals surface area contributed by atoms with Crippen LogP contribution in [0.1, 0.15) is 65.0 Å². The Bertz CT molecular complexity index is 1540. The number of ether oxygens (including phenoxy) is 1. The molecule has 3 aliphatic rings. The van der Waals surface area contributed by atoms with Gasteiger partial charge in [-0.05, 0) is 55.0 Å². The van der Waals surface area contributed by atoms with E-state index in [4.69, 9.17) is 27.9 Å². The largest absolute Gasteiger partial charge is 0.450 e. The normalized spacial score (nSPS) is 25.0. The molecule has 1 spiro atoms. The van der Waals surface area contributed by atoms with E-state index in [9.17, 15) is 19.2 Å². The van der Waals surface area contributed by atoms with Gasteiger partial charge in [-0.15, -0.1) is 0 Å². The Morgan fingerprint density at radius 3 is 2.43 bits per heavy atom. The molecule has 2 saturated heterocycles. The van der Waals surface area contributed by atoms with Gasteiger partial charge in [0.1, 0.15) is 11.2 Å². The Kier molecular flexibility index (Phi) is 8.27. The van der Waals surface area contributed by atoms with E-state index in [0.29, 0.717) is 22.7 Å². The molecule has 2 fully saturated rings. The quantitative estimate of drug-likeness (QED) is 0.397. The zero-order valence-corrected chi connectivity index (χ0v) is 27.0.